The first-order valence-electron chi connectivity index (χ1n) is 5.01. The highest BCUT2D eigenvalue weighted by atomic mass is 16.5. The van der Waals surface area contributed by atoms with Crippen molar-refractivity contribution in [2.24, 2.45) is 0 Å². The molecule has 0 aliphatic heterocycles. The van der Waals surface area contributed by atoms with Gasteiger partial charge in [-0.1, -0.05) is 49.4 Å². The van der Waals surface area contributed by atoms with E-state index in [2.05, 4.69) is 43.3 Å². The third-order valence-corrected chi connectivity index (χ3v) is 2.47. The van der Waals surface area contributed by atoms with Gasteiger partial charge in [0, 0.05) is 0 Å². The minimum Gasteiger partial charge on any atom is -0.497 e. The van der Waals surface area contributed by atoms with Gasteiger partial charge in [-0.05, 0) is 30.2 Å². The number of rotatable bonds is 2. The van der Waals surface area contributed by atoms with Crippen molar-refractivity contribution < 1.29 is 4.74 Å². The zero-order valence-corrected chi connectivity index (χ0v) is 9.03. The highest BCUT2D eigenvalue weighted by molar-refractivity contribution is 5.64. The molecule has 2 aromatic carbocycles. The van der Waals surface area contributed by atoms with Gasteiger partial charge in [0.05, 0.1) is 7.11 Å². The van der Waals surface area contributed by atoms with Gasteiger partial charge in [0.2, 0.25) is 0 Å². The monoisotopic (exact) mass is 214 g/mol. The number of methoxy groups -OCH3 is 1. The average molecular weight is 214 g/mol. The van der Waals surface area contributed by atoms with Crippen molar-refractivity contribution in [2.45, 2.75) is 14.4 Å². The molecular weight excluding hydrogens is 196 g/mol. The van der Waals surface area contributed by atoms with Crippen LogP contribution in [0, 0.1) is 6.92 Å². The molecule has 2 aromatic rings. The molecule has 0 unspecified atom stereocenters. The number of aryl methyl sites for hydroxylation is 1. The maximum Gasteiger partial charge on any atom is 0.118 e. The summed E-state index contributed by atoms with van der Waals surface area (Å²) in [4.78, 5) is 0. The fourth-order valence-electron chi connectivity index (χ4n) is 1.53. The Kier molecular flexibility index (Phi) is 4.12. The van der Waals surface area contributed by atoms with Crippen LogP contribution in [-0.4, -0.2) is 7.11 Å². The highest BCUT2D eigenvalue weighted by Gasteiger charge is 1.97. The molecule has 0 atom stereocenters. The molecule has 2 rings (SSSR count). The van der Waals surface area contributed by atoms with E-state index in [1.807, 2.05) is 12.1 Å². The van der Waals surface area contributed by atoms with Crippen molar-refractivity contribution in [2.75, 3.05) is 7.11 Å². The lowest BCUT2D eigenvalue weighted by molar-refractivity contribution is 0.415. The molecule has 0 aliphatic rings. The molecule has 84 valence electrons. The molecular formula is C15H18O. The fourth-order valence-corrected chi connectivity index (χ4v) is 1.53. The van der Waals surface area contributed by atoms with E-state index >= 15 is 0 Å². The van der Waals surface area contributed by atoms with Crippen molar-refractivity contribution in [3.05, 3.63) is 54.1 Å². The Morgan fingerprint density at radius 3 is 1.62 bits per heavy atom. The summed E-state index contributed by atoms with van der Waals surface area (Å²) in [5.41, 5.74) is 3.74. The Bertz CT molecular complexity index is 426. The van der Waals surface area contributed by atoms with Gasteiger partial charge < -0.3 is 4.74 Å². The molecule has 16 heavy (non-hydrogen) atoms. The standard InChI is InChI=1S/C14H14O.CH4/c1-11-3-5-12(6-4-11)13-7-9-14(15-2)10-8-13;/h3-10H,1-2H3;1H4. The normalized spacial score (nSPS) is 9.38. The second-order valence-corrected chi connectivity index (χ2v) is 3.59. The van der Waals surface area contributed by atoms with Crippen LogP contribution >= 0.6 is 0 Å². The zero-order valence-electron chi connectivity index (χ0n) is 9.03. The number of benzene rings is 2. The number of hydrogen-bond acceptors (Lipinski definition) is 1. The molecule has 0 N–H and O–H groups in total. The Labute approximate surface area is 97.7 Å². The highest BCUT2D eigenvalue weighted by Crippen LogP contribution is 2.22. The second kappa shape index (κ2) is 5.36. The largest absolute Gasteiger partial charge is 0.497 e. The first-order valence-corrected chi connectivity index (χ1v) is 5.01. The summed E-state index contributed by atoms with van der Waals surface area (Å²) in [5.74, 6) is 0.894. The maximum absolute atomic E-state index is 5.12. The summed E-state index contributed by atoms with van der Waals surface area (Å²) >= 11 is 0. The molecule has 0 saturated carbocycles. The van der Waals surface area contributed by atoms with Gasteiger partial charge in [0.25, 0.3) is 0 Å². The van der Waals surface area contributed by atoms with E-state index in [0.717, 1.165) is 5.75 Å². The Morgan fingerprint density at radius 2 is 1.19 bits per heavy atom. The van der Waals surface area contributed by atoms with E-state index in [-0.39, 0.29) is 7.43 Å². The molecule has 0 saturated heterocycles. The van der Waals surface area contributed by atoms with E-state index in [1.165, 1.54) is 16.7 Å². The van der Waals surface area contributed by atoms with Gasteiger partial charge in [0.1, 0.15) is 5.75 Å². The predicted molar refractivity (Wildman–Crippen MR) is 69.9 cm³/mol. The predicted octanol–water partition coefficient (Wildman–Crippen LogP) is 4.31. The average Bonchev–Trinajstić information content (AvgIpc) is 2.30. The Balaban J connectivity index is 0.00000128. The van der Waals surface area contributed by atoms with Gasteiger partial charge in [-0.25, -0.2) is 0 Å². The Morgan fingerprint density at radius 1 is 0.750 bits per heavy atom. The van der Waals surface area contributed by atoms with Crippen LogP contribution in [0.2, 0.25) is 0 Å². The topological polar surface area (TPSA) is 9.23 Å². The summed E-state index contributed by atoms with van der Waals surface area (Å²) < 4.78 is 5.12. The number of ether oxygens (including phenoxy) is 1. The van der Waals surface area contributed by atoms with Crippen molar-refractivity contribution in [3.63, 3.8) is 0 Å². The van der Waals surface area contributed by atoms with Crippen LogP contribution in [0.1, 0.15) is 13.0 Å². The molecule has 0 radical (unpaired) electrons. The minimum absolute atomic E-state index is 0. The molecule has 0 fully saturated rings. The van der Waals surface area contributed by atoms with Crippen LogP contribution in [0.5, 0.6) is 5.75 Å². The van der Waals surface area contributed by atoms with Crippen LogP contribution in [0.3, 0.4) is 0 Å². The van der Waals surface area contributed by atoms with Crippen molar-refractivity contribution in [1.29, 1.82) is 0 Å². The van der Waals surface area contributed by atoms with Crippen LogP contribution in [0.15, 0.2) is 48.5 Å². The molecule has 0 spiro atoms. The second-order valence-electron chi connectivity index (χ2n) is 3.59. The van der Waals surface area contributed by atoms with Gasteiger partial charge in [-0.15, -0.1) is 0 Å². The van der Waals surface area contributed by atoms with Gasteiger partial charge in [-0.2, -0.15) is 0 Å². The fraction of sp³-hybridized carbons (Fsp3) is 0.200. The first-order chi connectivity index (χ1) is 7.29. The summed E-state index contributed by atoms with van der Waals surface area (Å²) in [7, 11) is 1.68. The van der Waals surface area contributed by atoms with Crippen molar-refractivity contribution in [3.8, 4) is 16.9 Å². The molecule has 0 aliphatic carbocycles. The third-order valence-electron chi connectivity index (χ3n) is 2.47. The third kappa shape index (κ3) is 2.63. The van der Waals surface area contributed by atoms with Crippen molar-refractivity contribution >= 4 is 0 Å². The van der Waals surface area contributed by atoms with Gasteiger partial charge in [0.15, 0.2) is 0 Å². The first kappa shape index (κ1) is 12.3. The van der Waals surface area contributed by atoms with Gasteiger partial charge in [-0.3, -0.25) is 0 Å². The minimum atomic E-state index is 0. The van der Waals surface area contributed by atoms with E-state index < -0.39 is 0 Å². The van der Waals surface area contributed by atoms with E-state index in [4.69, 9.17) is 4.74 Å². The zero-order chi connectivity index (χ0) is 10.7. The van der Waals surface area contributed by atoms with E-state index in [0.29, 0.717) is 0 Å². The molecule has 1 heteroatoms. The van der Waals surface area contributed by atoms with Crippen LogP contribution in [-0.2, 0) is 0 Å². The van der Waals surface area contributed by atoms with Gasteiger partial charge >= 0.3 is 0 Å². The lowest BCUT2D eigenvalue weighted by Gasteiger charge is -2.03. The van der Waals surface area contributed by atoms with Crippen molar-refractivity contribution in [1.82, 2.24) is 0 Å². The lowest BCUT2D eigenvalue weighted by atomic mass is 10.0. The number of hydrogen-bond donors (Lipinski definition) is 0. The lowest BCUT2D eigenvalue weighted by Crippen LogP contribution is -1.82. The Hall–Kier alpha value is -1.76. The van der Waals surface area contributed by atoms with Crippen LogP contribution in [0.25, 0.3) is 11.1 Å². The van der Waals surface area contributed by atoms with E-state index in [1.54, 1.807) is 7.11 Å². The SMILES string of the molecule is C.COc1ccc(-c2ccc(C)cc2)cc1. The maximum atomic E-state index is 5.12. The molecule has 1 nitrogen and oxygen atoms in total. The summed E-state index contributed by atoms with van der Waals surface area (Å²) in [6, 6.07) is 16.6. The van der Waals surface area contributed by atoms with E-state index in [9.17, 15) is 0 Å². The molecule has 0 aromatic heterocycles. The quantitative estimate of drug-likeness (QED) is 0.724. The summed E-state index contributed by atoms with van der Waals surface area (Å²) in [5, 5.41) is 0. The molecule has 0 heterocycles. The smallest absolute Gasteiger partial charge is 0.118 e. The summed E-state index contributed by atoms with van der Waals surface area (Å²) in [6.07, 6.45) is 0. The molecule has 0 amide bonds. The molecule has 0 bridgehead atoms. The van der Waals surface area contributed by atoms with Crippen LogP contribution in [0.4, 0.5) is 0 Å². The summed E-state index contributed by atoms with van der Waals surface area (Å²) in [6.45, 7) is 2.10. The van der Waals surface area contributed by atoms with Crippen LogP contribution < -0.4 is 4.74 Å².